The second-order valence-corrected chi connectivity index (χ2v) is 2.90. The predicted octanol–water partition coefficient (Wildman–Crippen LogP) is 3.54. The number of hydrogen-bond acceptors (Lipinski definition) is 1. The first-order valence-corrected chi connectivity index (χ1v) is 4.62. The van der Waals surface area contributed by atoms with Gasteiger partial charge in [-0.25, -0.2) is 0 Å². The minimum absolute atomic E-state index is 0.721. The summed E-state index contributed by atoms with van der Waals surface area (Å²) >= 11 is 0. The third kappa shape index (κ3) is 2.11. The summed E-state index contributed by atoms with van der Waals surface area (Å²) in [7, 11) is 0. The lowest BCUT2D eigenvalue weighted by atomic mass is 10.00. The zero-order valence-corrected chi connectivity index (χ0v) is 8.49. The number of rotatable bonds is 2. The summed E-state index contributed by atoms with van der Waals surface area (Å²) in [5.74, 6) is 0. The largest absolute Gasteiger partial charge is 0.192 e. The second kappa shape index (κ2) is 5.04. The maximum absolute atomic E-state index is 8.93. The van der Waals surface area contributed by atoms with Crippen LogP contribution in [-0.2, 0) is 0 Å². The Kier molecular flexibility index (Phi) is 3.69. The first-order valence-electron chi connectivity index (χ1n) is 4.62. The molecule has 1 aromatic rings. The van der Waals surface area contributed by atoms with E-state index >= 15 is 0 Å². The highest BCUT2D eigenvalue weighted by Crippen LogP contribution is 2.19. The molecule has 0 unspecified atom stereocenters. The molecule has 0 aliphatic rings. The van der Waals surface area contributed by atoms with E-state index in [1.54, 1.807) is 0 Å². The Morgan fingerprint density at radius 3 is 2.57 bits per heavy atom. The molecule has 0 aliphatic carbocycles. The standard InChI is InChI=1S/C13H13N/c1-3-7-11(4-2)13-9-6-5-8-12(13)10-14/h3-9H,1-2H3/b7-3-,11-4+. The molecule has 0 atom stereocenters. The molecular weight excluding hydrogens is 170 g/mol. The van der Waals surface area contributed by atoms with Gasteiger partial charge in [0.1, 0.15) is 0 Å². The Morgan fingerprint density at radius 1 is 1.29 bits per heavy atom. The quantitative estimate of drug-likeness (QED) is 0.643. The zero-order valence-electron chi connectivity index (χ0n) is 8.49. The fourth-order valence-corrected chi connectivity index (χ4v) is 1.35. The smallest absolute Gasteiger partial charge is 0.0998 e. The van der Waals surface area contributed by atoms with Crippen LogP contribution in [0.5, 0.6) is 0 Å². The van der Waals surface area contributed by atoms with E-state index < -0.39 is 0 Å². The van der Waals surface area contributed by atoms with Crippen molar-refractivity contribution in [2.75, 3.05) is 0 Å². The molecule has 0 N–H and O–H groups in total. The van der Waals surface area contributed by atoms with E-state index in [4.69, 9.17) is 5.26 Å². The summed E-state index contributed by atoms with van der Waals surface area (Å²) in [5.41, 5.74) is 2.80. The normalized spacial score (nSPS) is 11.6. The number of nitriles is 1. The minimum atomic E-state index is 0.721. The first kappa shape index (κ1) is 10.3. The van der Waals surface area contributed by atoms with Gasteiger partial charge in [-0.2, -0.15) is 5.26 Å². The van der Waals surface area contributed by atoms with E-state index in [0.717, 1.165) is 16.7 Å². The van der Waals surface area contributed by atoms with Gasteiger partial charge in [0.05, 0.1) is 11.6 Å². The Labute approximate surface area is 85.0 Å². The van der Waals surface area contributed by atoms with Crippen LogP contribution in [0.2, 0.25) is 0 Å². The average molecular weight is 183 g/mol. The van der Waals surface area contributed by atoms with Gasteiger partial charge in [-0.15, -0.1) is 0 Å². The molecule has 0 fully saturated rings. The number of nitrogens with zero attached hydrogens (tertiary/aromatic N) is 1. The topological polar surface area (TPSA) is 23.8 Å². The van der Waals surface area contributed by atoms with Crippen LogP contribution in [0.3, 0.4) is 0 Å². The van der Waals surface area contributed by atoms with Gasteiger partial charge in [0, 0.05) is 0 Å². The second-order valence-electron chi connectivity index (χ2n) is 2.90. The molecule has 1 rings (SSSR count). The lowest BCUT2D eigenvalue weighted by Crippen LogP contribution is -1.86. The molecule has 0 spiro atoms. The maximum Gasteiger partial charge on any atom is 0.0998 e. The van der Waals surface area contributed by atoms with E-state index in [1.807, 2.05) is 56.3 Å². The van der Waals surface area contributed by atoms with Crippen molar-refractivity contribution in [3.8, 4) is 6.07 Å². The Morgan fingerprint density at radius 2 is 2.00 bits per heavy atom. The van der Waals surface area contributed by atoms with Crippen LogP contribution in [0, 0.1) is 11.3 Å². The van der Waals surface area contributed by atoms with Gasteiger partial charge < -0.3 is 0 Å². The molecule has 0 bridgehead atoms. The molecular formula is C13H13N. The highest BCUT2D eigenvalue weighted by molar-refractivity contribution is 5.77. The van der Waals surface area contributed by atoms with Crippen LogP contribution in [0.25, 0.3) is 5.57 Å². The maximum atomic E-state index is 8.93. The average Bonchev–Trinajstić information content (AvgIpc) is 2.26. The van der Waals surface area contributed by atoms with Crippen LogP contribution in [-0.4, -0.2) is 0 Å². The van der Waals surface area contributed by atoms with Gasteiger partial charge in [-0.1, -0.05) is 36.4 Å². The molecule has 0 aromatic heterocycles. The van der Waals surface area contributed by atoms with Gasteiger partial charge in [-0.05, 0) is 31.1 Å². The third-order valence-electron chi connectivity index (χ3n) is 2.02. The van der Waals surface area contributed by atoms with Crippen molar-refractivity contribution in [1.82, 2.24) is 0 Å². The fraction of sp³-hybridized carbons (Fsp3) is 0.154. The molecule has 1 aromatic carbocycles. The van der Waals surface area contributed by atoms with Crippen LogP contribution in [0.15, 0.2) is 42.5 Å². The van der Waals surface area contributed by atoms with E-state index in [0.29, 0.717) is 0 Å². The van der Waals surface area contributed by atoms with Gasteiger partial charge in [-0.3, -0.25) is 0 Å². The number of hydrogen-bond donors (Lipinski definition) is 0. The van der Waals surface area contributed by atoms with Crippen LogP contribution >= 0.6 is 0 Å². The lowest BCUT2D eigenvalue weighted by molar-refractivity contribution is 1.46. The monoisotopic (exact) mass is 183 g/mol. The fourth-order valence-electron chi connectivity index (χ4n) is 1.35. The minimum Gasteiger partial charge on any atom is -0.192 e. The molecule has 0 saturated heterocycles. The SMILES string of the molecule is C/C=C\C(=C/C)c1ccccc1C#N. The molecule has 0 saturated carbocycles. The highest BCUT2D eigenvalue weighted by Gasteiger charge is 2.02. The predicted molar refractivity (Wildman–Crippen MR) is 59.6 cm³/mol. The van der Waals surface area contributed by atoms with Crippen molar-refractivity contribution in [3.63, 3.8) is 0 Å². The molecule has 1 heteroatoms. The number of allylic oxidation sites excluding steroid dienone is 4. The van der Waals surface area contributed by atoms with Crippen molar-refractivity contribution in [2.45, 2.75) is 13.8 Å². The van der Waals surface area contributed by atoms with E-state index in [2.05, 4.69) is 6.07 Å². The van der Waals surface area contributed by atoms with Crippen molar-refractivity contribution < 1.29 is 0 Å². The molecule has 1 nitrogen and oxygen atoms in total. The summed E-state index contributed by atoms with van der Waals surface area (Å²) in [4.78, 5) is 0. The van der Waals surface area contributed by atoms with Gasteiger partial charge in [0.15, 0.2) is 0 Å². The Balaban J connectivity index is 3.25. The third-order valence-corrected chi connectivity index (χ3v) is 2.02. The highest BCUT2D eigenvalue weighted by atomic mass is 14.2. The van der Waals surface area contributed by atoms with Crippen molar-refractivity contribution in [2.24, 2.45) is 0 Å². The van der Waals surface area contributed by atoms with Gasteiger partial charge in [0.25, 0.3) is 0 Å². The van der Waals surface area contributed by atoms with Crippen molar-refractivity contribution in [1.29, 1.82) is 5.26 Å². The molecule has 0 aliphatic heterocycles. The molecule has 0 amide bonds. The molecule has 14 heavy (non-hydrogen) atoms. The summed E-state index contributed by atoms with van der Waals surface area (Å²) < 4.78 is 0. The number of benzene rings is 1. The summed E-state index contributed by atoms with van der Waals surface area (Å²) in [5, 5.41) is 8.93. The molecule has 70 valence electrons. The van der Waals surface area contributed by atoms with Gasteiger partial charge >= 0.3 is 0 Å². The summed E-state index contributed by atoms with van der Waals surface area (Å²) in [6.07, 6.45) is 6.00. The Bertz CT molecular complexity index is 405. The summed E-state index contributed by atoms with van der Waals surface area (Å²) in [6, 6.07) is 9.82. The van der Waals surface area contributed by atoms with Crippen LogP contribution in [0.1, 0.15) is 25.0 Å². The first-order chi connectivity index (χ1) is 6.83. The summed E-state index contributed by atoms with van der Waals surface area (Å²) in [6.45, 7) is 3.95. The molecule has 0 radical (unpaired) electrons. The lowest BCUT2D eigenvalue weighted by Gasteiger charge is -2.03. The van der Waals surface area contributed by atoms with E-state index in [9.17, 15) is 0 Å². The molecule has 0 heterocycles. The van der Waals surface area contributed by atoms with E-state index in [1.165, 1.54) is 0 Å². The van der Waals surface area contributed by atoms with Gasteiger partial charge in [0.2, 0.25) is 0 Å². The van der Waals surface area contributed by atoms with Crippen LogP contribution in [0.4, 0.5) is 0 Å². The van der Waals surface area contributed by atoms with Crippen molar-refractivity contribution >= 4 is 5.57 Å². The van der Waals surface area contributed by atoms with Crippen molar-refractivity contribution in [3.05, 3.63) is 53.6 Å². The Hall–Kier alpha value is -1.81. The van der Waals surface area contributed by atoms with Crippen LogP contribution < -0.4 is 0 Å². The van der Waals surface area contributed by atoms with E-state index in [-0.39, 0.29) is 0 Å². The zero-order chi connectivity index (χ0) is 10.4.